The minimum absolute atomic E-state index is 0.0902. The van der Waals surface area contributed by atoms with Gasteiger partial charge in [0.05, 0.1) is 10.4 Å². The summed E-state index contributed by atoms with van der Waals surface area (Å²) < 4.78 is 11.1. The van der Waals surface area contributed by atoms with Crippen LogP contribution in [0.3, 0.4) is 0 Å². The van der Waals surface area contributed by atoms with Crippen molar-refractivity contribution in [3.8, 4) is 11.5 Å². The number of fused-ring (bicyclic) bond motifs is 2. The van der Waals surface area contributed by atoms with Gasteiger partial charge in [0.1, 0.15) is 19.5 Å². The highest BCUT2D eigenvalue weighted by atomic mass is 32.2. The molecule has 0 bridgehead atoms. The van der Waals surface area contributed by atoms with Crippen LogP contribution in [0, 0.1) is 10.1 Å². The lowest BCUT2D eigenvalue weighted by Crippen LogP contribution is -2.15. The fourth-order valence-corrected chi connectivity index (χ4v) is 4.20. The molecule has 9 nitrogen and oxygen atoms in total. The fraction of sp³-hybridized carbons (Fsp3) is 0.0952. The molecule has 0 unspecified atom stereocenters. The quantitative estimate of drug-likeness (QED) is 0.274. The molecule has 31 heavy (non-hydrogen) atoms. The number of nitrogens with one attached hydrogen (secondary N) is 1. The summed E-state index contributed by atoms with van der Waals surface area (Å²) in [5.41, 5.74) is 1.13. The number of nitro groups is 1. The van der Waals surface area contributed by atoms with Gasteiger partial charge >= 0.3 is 5.69 Å². The maximum Gasteiger partial charge on any atom is 0.343 e. The lowest BCUT2D eigenvalue weighted by Gasteiger charge is -2.19. The van der Waals surface area contributed by atoms with Crippen LogP contribution >= 0.6 is 11.8 Å². The first-order valence-corrected chi connectivity index (χ1v) is 10.2. The molecule has 4 aromatic rings. The van der Waals surface area contributed by atoms with Gasteiger partial charge < -0.3 is 14.8 Å². The van der Waals surface area contributed by atoms with Crippen LogP contribution in [0.25, 0.3) is 10.9 Å². The predicted octanol–water partition coefficient (Wildman–Crippen LogP) is 4.60. The van der Waals surface area contributed by atoms with E-state index in [1.807, 2.05) is 30.3 Å². The van der Waals surface area contributed by atoms with E-state index in [-0.39, 0.29) is 16.5 Å². The average Bonchev–Trinajstić information content (AvgIpc) is 2.79. The number of anilines is 2. The Labute approximate surface area is 180 Å². The van der Waals surface area contributed by atoms with Crippen LogP contribution in [-0.2, 0) is 0 Å². The summed E-state index contributed by atoms with van der Waals surface area (Å²) in [4.78, 5) is 24.9. The van der Waals surface area contributed by atoms with E-state index >= 15 is 0 Å². The second-order valence-electron chi connectivity index (χ2n) is 6.55. The minimum Gasteiger partial charge on any atom is -0.486 e. The Bertz CT molecular complexity index is 1290. The maximum absolute atomic E-state index is 11.9. The van der Waals surface area contributed by atoms with Crippen LogP contribution in [0.5, 0.6) is 11.5 Å². The van der Waals surface area contributed by atoms with Gasteiger partial charge in [-0.1, -0.05) is 30.0 Å². The molecule has 0 spiro atoms. The first kappa shape index (κ1) is 19.1. The highest BCUT2D eigenvalue weighted by Gasteiger charge is 2.25. The molecule has 0 radical (unpaired) electrons. The monoisotopic (exact) mass is 433 g/mol. The SMILES string of the molecule is O=[N+]([O-])c1c(Nc2ccc3c(c2)OCCO3)ncnc1Sc1cccc2cccnc12. The Morgan fingerprint density at radius 2 is 1.84 bits per heavy atom. The fourth-order valence-electron chi connectivity index (χ4n) is 3.21. The van der Waals surface area contributed by atoms with Gasteiger partial charge in [0.25, 0.3) is 0 Å². The molecule has 5 rings (SSSR count). The van der Waals surface area contributed by atoms with Crippen molar-refractivity contribution in [2.24, 2.45) is 0 Å². The molecule has 1 N–H and O–H groups in total. The van der Waals surface area contributed by atoms with Crippen molar-refractivity contribution in [3.63, 3.8) is 0 Å². The number of hydrogen-bond donors (Lipinski definition) is 1. The Morgan fingerprint density at radius 3 is 2.71 bits per heavy atom. The summed E-state index contributed by atoms with van der Waals surface area (Å²) in [7, 11) is 0. The molecule has 2 aromatic heterocycles. The topological polar surface area (TPSA) is 112 Å². The van der Waals surface area contributed by atoms with Crippen molar-refractivity contribution in [1.82, 2.24) is 15.0 Å². The zero-order chi connectivity index (χ0) is 21.2. The minimum atomic E-state index is -0.485. The second kappa shape index (κ2) is 8.07. The van der Waals surface area contributed by atoms with E-state index < -0.39 is 4.92 Å². The number of para-hydroxylation sites is 1. The molecule has 1 aliphatic heterocycles. The zero-order valence-corrected chi connectivity index (χ0v) is 16.8. The molecule has 0 fully saturated rings. The Balaban J connectivity index is 1.51. The zero-order valence-electron chi connectivity index (χ0n) is 16.0. The number of pyridine rings is 1. The Morgan fingerprint density at radius 1 is 1.00 bits per heavy atom. The maximum atomic E-state index is 11.9. The molecule has 0 saturated carbocycles. The molecule has 10 heteroatoms. The van der Waals surface area contributed by atoms with Crippen LogP contribution in [0.15, 0.2) is 71.0 Å². The smallest absolute Gasteiger partial charge is 0.343 e. The first-order chi connectivity index (χ1) is 15.2. The van der Waals surface area contributed by atoms with Crippen LogP contribution < -0.4 is 14.8 Å². The molecule has 0 atom stereocenters. The number of hydrogen-bond acceptors (Lipinski definition) is 9. The van der Waals surface area contributed by atoms with Gasteiger partial charge in [-0.2, -0.15) is 0 Å². The second-order valence-corrected chi connectivity index (χ2v) is 7.58. The highest BCUT2D eigenvalue weighted by Crippen LogP contribution is 2.40. The van der Waals surface area contributed by atoms with Gasteiger partial charge in [0, 0.05) is 28.2 Å². The van der Waals surface area contributed by atoms with E-state index in [2.05, 4.69) is 20.3 Å². The number of rotatable bonds is 5. The molecular weight excluding hydrogens is 418 g/mol. The summed E-state index contributed by atoms with van der Waals surface area (Å²) in [5, 5.41) is 16.1. The van der Waals surface area contributed by atoms with Crippen LogP contribution in [-0.4, -0.2) is 33.1 Å². The lowest BCUT2D eigenvalue weighted by atomic mass is 10.2. The predicted molar refractivity (Wildman–Crippen MR) is 115 cm³/mol. The van der Waals surface area contributed by atoms with Crippen LogP contribution in [0.2, 0.25) is 0 Å². The molecular formula is C21H15N5O4S. The molecule has 1 aliphatic rings. The van der Waals surface area contributed by atoms with E-state index in [1.165, 1.54) is 18.1 Å². The van der Waals surface area contributed by atoms with Gasteiger partial charge in [-0.25, -0.2) is 9.97 Å². The lowest BCUT2D eigenvalue weighted by molar-refractivity contribution is -0.387. The van der Waals surface area contributed by atoms with Crippen LogP contribution in [0.1, 0.15) is 0 Å². The van der Waals surface area contributed by atoms with Gasteiger partial charge in [0.15, 0.2) is 16.5 Å². The standard InChI is InChI=1S/C21H15N5O4S/c27-26(28)19-20(25-14-6-7-15-16(11-14)30-10-9-29-15)23-12-24-21(19)31-17-5-1-3-13-4-2-8-22-18(13)17/h1-8,11-12H,9-10H2,(H,23,24,25). The third-order valence-corrected chi connectivity index (χ3v) is 5.62. The van der Waals surface area contributed by atoms with Crippen molar-refractivity contribution in [2.45, 2.75) is 9.92 Å². The van der Waals surface area contributed by atoms with Crippen molar-refractivity contribution < 1.29 is 14.4 Å². The summed E-state index contributed by atoms with van der Waals surface area (Å²) in [6.45, 7) is 0.935. The molecule has 0 aliphatic carbocycles. The van der Waals surface area contributed by atoms with Crippen molar-refractivity contribution in [1.29, 1.82) is 0 Å². The van der Waals surface area contributed by atoms with Gasteiger partial charge in [-0.05, 0) is 24.3 Å². The average molecular weight is 433 g/mol. The first-order valence-electron chi connectivity index (χ1n) is 9.37. The van der Waals surface area contributed by atoms with E-state index in [9.17, 15) is 10.1 Å². The van der Waals surface area contributed by atoms with Crippen molar-refractivity contribution in [3.05, 3.63) is 71.2 Å². The van der Waals surface area contributed by atoms with E-state index in [4.69, 9.17) is 9.47 Å². The van der Waals surface area contributed by atoms with Crippen molar-refractivity contribution >= 4 is 39.9 Å². The Kier molecular flexibility index (Phi) is 4.97. The molecule has 0 saturated heterocycles. The summed E-state index contributed by atoms with van der Waals surface area (Å²) in [6, 6.07) is 14.7. The number of nitrogens with zero attached hydrogens (tertiary/aromatic N) is 4. The van der Waals surface area contributed by atoms with E-state index in [0.29, 0.717) is 30.4 Å². The molecule has 3 heterocycles. The molecule has 0 amide bonds. The summed E-state index contributed by atoms with van der Waals surface area (Å²) in [5.74, 6) is 1.30. The third-order valence-electron chi connectivity index (χ3n) is 4.58. The number of ether oxygens (including phenoxy) is 2. The van der Waals surface area contributed by atoms with Crippen molar-refractivity contribution in [2.75, 3.05) is 18.5 Å². The van der Waals surface area contributed by atoms with E-state index in [0.717, 1.165) is 15.8 Å². The molecule has 154 valence electrons. The highest BCUT2D eigenvalue weighted by molar-refractivity contribution is 7.99. The number of benzene rings is 2. The summed E-state index contributed by atoms with van der Waals surface area (Å²) in [6.07, 6.45) is 2.99. The Hall–Kier alpha value is -3.92. The van der Waals surface area contributed by atoms with E-state index in [1.54, 1.807) is 24.4 Å². The largest absolute Gasteiger partial charge is 0.486 e. The van der Waals surface area contributed by atoms with Gasteiger partial charge in [-0.15, -0.1) is 0 Å². The normalized spacial score (nSPS) is 12.5. The third kappa shape index (κ3) is 3.80. The van der Waals surface area contributed by atoms with Gasteiger partial charge in [0.2, 0.25) is 5.82 Å². The van der Waals surface area contributed by atoms with Crippen LogP contribution in [0.4, 0.5) is 17.2 Å². The summed E-state index contributed by atoms with van der Waals surface area (Å²) >= 11 is 1.18. The number of aromatic nitrogens is 3. The molecule has 2 aromatic carbocycles. The van der Waals surface area contributed by atoms with Gasteiger partial charge in [-0.3, -0.25) is 15.1 Å².